The largest absolute Gasteiger partial charge is 0.503 e. The number of H-pyrrole nitrogens is 1. The van der Waals surface area contributed by atoms with Crippen LogP contribution >= 0.6 is 0 Å². The normalized spacial score (nSPS) is 15.9. The Morgan fingerprint density at radius 2 is 1.83 bits per heavy atom. The number of rotatable bonds is 5. The summed E-state index contributed by atoms with van der Waals surface area (Å²) < 4.78 is 11.3. The Kier molecular flexibility index (Phi) is 4.93. The molecule has 0 radical (unpaired) electrons. The molecule has 2 aromatic heterocycles. The quantitative estimate of drug-likeness (QED) is 0.302. The van der Waals surface area contributed by atoms with E-state index in [0.717, 1.165) is 16.5 Å². The van der Waals surface area contributed by atoms with E-state index in [-0.39, 0.29) is 11.3 Å². The summed E-state index contributed by atoms with van der Waals surface area (Å²) in [6.07, 6.45) is 1.78. The first-order valence-corrected chi connectivity index (χ1v) is 11.5. The molecule has 0 bridgehead atoms. The molecule has 0 saturated heterocycles. The van der Waals surface area contributed by atoms with Crippen molar-refractivity contribution in [3.8, 4) is 5.75 Å². The third kappa shape index (κ3) is 3.20. The molecule has 2 N–H and O–H groups in total. The summed E-state index contributed by atoms with van der Waals surface area (Å²) >= 11 is 0. The predicted octanol–water partition coefficient (Wildman–Crippen LogP) is 6.01. The molecule has 0 saturated carbocycles. The number of ketones is 1. The van der Waals surface area contributed by atoms with Gasteiger partial charge in [-0.05, 0) is 37.3 Å². The first-order valence-electron chi connectivity index (χ1n) is 11.5. The number of hydrogen-bond acceptors (Lipinski definition) is 5. The number of benzene rings is 3. The molecule has 5 aromatic rings. The number of anilines is 1. The van der Waals surface area contributed by atoms with Crippen LogP contribution in [0.2, 0.25) is 0 Å². The van der Waals surface area contributed by atoms with Crippen LogP contribution < -0.4 is 9.64 Å². The molecule has 0 aliphatic carbocycles. The molecular formula is C29H22N2O5. The Labute approximate surface area is 206 Å². The monoisotopic (exact) mass is 478 g/mol. The maximum Gasteiger partial charge on any atom is 0.294 e. The molecule has 1 unspecified atom stereocenters. The van der Waals surface area contributed by atoms with Gasteiger partial charge in [-0.25, -0.2) is 0 Å². The van der Waals surface area contributed by atoms with Crippen LogP contribution in [0.15, 0.2) is 94.7 Å². The van der Waals surface area contributed by atoms with Gasteiger partial charge in [-0.3, -0.25) is 14.5 Å². The van der Waals surface area contributed by atoms with Crippen molar-refractivity contribution in [1.82, 2.24) is 4.98 Å². The van der Waals surface area contributed by atoms with Crippen molar-refractivity contribution in [2.45, 2.75) is 13.0 Å². The molecule has 178 valence electrons. The summed E-state index contributed by atoms with van der Waals surface area (Å²) in [5, 5.41) is 12.6. The van der Waals surface area contributed by atoms with Crippen LogP contribution in [-0.2, 0) is 4.79 Å². The summed E-state index contributed by atoms with van der Waals surface area (Å²) in [7, 11) is 1.52. The summed E-state index contributed by atoms with van der Waals surface area (Å²) in [6, 6.07) is 21.1. The molecule has 36 heavy (non-hydrogen) atoms. The topological polar surface area (TPSA) is 95.8 Å². The number of aryl methyl sites for hydroxylation is 1. The average molecular weight is 479 g/mol. The minimum Gasteiger partial charge on any atom is -0.503 e. The highest BCUT2D eigenvalue weighted by atomic mass is 16.5. The van der Waals surface area contributed by atoms with Gasteiger partial charge < -0.3 is 19.2 Å². The number of fused-ring (bicyclic) bond motifs is 2. The summed E-state index contributed by atoms with van der Waals surface area (Å²) in [4.78, 5) is 32.0. The van der Waals surface area contributed by atoms with Crippen LogP contribution in [0.5, 0.6) is 5.75 Å². The molecule has 1 aliphatic heterocycles. The second-order valence-electron chi connectivity index (χ2n) is 8.78. The maximum atomic E-state index is 13.9. The minimum atomic E-state index is -0.862. The van der Waals surface area contributed by atoms with E-state index in [9.17, 15) is 14.7 Å². The highest BCUT2D eigenvalue weighted by Crippen LogP contribution is 2.44. The number of aromatic nitrogens is 1. The van der Waals surface area contributed by atoms with E-state index in [2.05, 4.69) is 4.98 Å². The van der Waals surface area contributed by atoms with Crippen molar-refractivity contribution in [2.75, 3.05) is 12.0 Å². The van der Waals surface area contributed by atoms with Crippen LogP contribution in [0.1, 0.15) is 27.7 Å². The van der Waals surface area contributed by atoms with Gasteiger partial charge in [0, 0.05) is 33.7 Å². The van der Waals surface area contributed by atoms with Crippen molar-refractivity contribution in [3.05, 3.63) is 107 Å². The maximum absolute atomic E-state index is 13.9. The van der Waals surface area contributed by atoms with Gasteiger partial charge in [0.25, 0.3) is 5.91 Å². The van der Waals surface area contributed by atoms with Gasteiger partial charge in [0.05, 0.1) is 18.7 Å². The SMILES string of the molecule is COc1cccc2cc(C(=O)C3=C(O)C(=O)N(c4ccc(C)cc4)C3c3c[nH]c4ccccc34)oc12. The van der Waals surface area contributed by atoms with E-state index < -0.39 is 23.5 Å². The zero-order valence-electron chi connectivity index (χ0n) is 19.6. The van der Waals surface area contributed by atoms with Crippen molar-refractivity contribution >= 4 is 39.2 Å². The molecule has 1 amide bonds. The lowest BCUT2D eigenvalue weighted by molar-refractivity contribution is -0.117. The van der Waals surface area contributed by atoms with Gasteiger partial charge >= 0.3 is 0 Å². The molecule has 7 nitrogen and oxygen atoms in total. The van der Waals surface area contributed by atoms with Gasteiger partial charge in [-0.2, -0.15) is 0 Å². The summed E-state index contributed by atoms with van der Waals surface area (Å²) in [5.41, 5.74) is 3.53. The van der Waals surface area contributed by atoms with Gasteiger partial charge in [-0.1, -0.05) is 48.0 Å². The number of carbonyl (C=O) groups is 2. The fourth-order valence-electron chi connectivity index (χ4n) is 4.87. The van der Waals surface area contributed by atoms with Gasteiger partial charge in [0.15, 0.2) is 22.9 Å². The fourth-order valence-corrected chi connectivity index (χ4v) is 4.87. The first kappa shape index (κ1) is 21.7. The average Bonchev–Trinajstić information content (AvgIpc) is 3.59. The summed E-state index contributed by atoms with van der Waals surface area (Å²) in [6.45, 7) is 1.95. The van der Waals surface area contributed by atoms with Crippen molar-refractivity contribution in [2.24, 2.45) is 0 Å². The Morgan fingerprint density at radius 3 is 2.61 bits per heavy atom. The lowest BCUT2D eigenvalue weighted by atomic mass is 9.94. The first-order chi connectivity index (χ1) is 17.5. The number of hydrogen-bond donors (Lipinski definition) is 2. The molecule has 0 spiro atoms. The number of ether oxygens (including phenoxy) is 1. The Bertz CT molecular complexity index is 1690. The Balaban J connectivity index is 1.54. The smallest absolute Gasteiger partial charge is 0.294 e. The number of aliphatic hydroxyl groups is 1. The number of para-hydroxylation sites is 2. The molecule has 3 heterocycles. The molecular weight excluding hydrogens is 456 g/mol. The van der Waals surface area contributed by atoms with Crippen LogP contribution in [0.25, 0.3) is 21.9 Å². The second kappa shape index (κ2) is 8.16. The van der Waals surface area contributed by atoms with Crippen molar-refractivity contribution in [3.63, 3.8) is 0 Å². The van der Waals surface area contributed by atoms with E-state index in [4.69, 9.17) is 9.15 Å². The highest BCUT2D eigenvalue weighted by molar-refractivity contribution is 6.21. The highest BCUT2D eigenvalue weighted by Gasteiger charge is 2.46. The van der Waals surface area contributed by atoms with E-state index in [1.807, 2.05) is 61.5 Å². The number of Topliss-reactive ketones (excluding diaryl/α,β-unsaturated/α-hetero) is 1. The van der Waals surface area contributed by atoms with E-state index in [1.54, 1.807) is 24.4 Å². The number of nitrogens with one attached hydrogen (secondary N) is 1. The van der Waals surface area contributed by atoms with Gasteiger partial charge in [0.1, 0.15) is 0 Å². The van der Waals surface area contributed by atoms with Crippen LogP contribution in [0.3, 0.4) is 0 Å². The molecule has 7 heteroatoms. The number of carbonyl (C=O) groups excluding carboxylic acids is 2. The Morgan fingerprint density at radius 1 is 1.06 bits per heavy atom. The number of aromatic amines is 1. The number of amides is 1. The third-order valence-electron chi connectivity index (χ3n) is 6.63. The third-order valence-corrected chi connectivity index (χ3v) is 6.63. The lowest BCUT2D eigenvalue weighted by Crippen LogP contribution is -2.30. The number of methoxy groups -OCH3 is 1. The second-order valence-corrected chi connectivity index (χ2v) is 8.78. The van der Waals surface area contributed by atoms with Gasteiger partial charge in [-0.15, -0.1) is 0 Å². The number of nitrogens with zero attached hydrogens (tertiary/aromatic N) is 1. The van der Waals surface area contributed by atoms with E-state index in [0.29, 0.717) is 28.0 Å². The Hall–Kier alpha value is -4.78. The lowest BCUT2D eigenvalue weighted by Gasteiger charge is -2.26. The van der Waals surface area contributed by atoms with Crippen molar-refractivity contribution in [1.29, 1.82) is 0 Å². The standard InChI is InChI=1S/C29H22N2O5/c1-16-10-12-18(13-11-16)31-25(20-15-30-21-8-4-3-7-19(20)21)24(27(33)29(31)34)26(32)23-14-17-6-5-9-22(35-2)28(17)36-23/h3-15,25,30,33H,1-2H3. The molecule has 6 rings (SSSR count). The molecule has 1 atom stereocenters. The van der Waals surface area contributed by atoms with E-state index >= 15 is 0 Å². The number of furan rings is 1. The van der Waals surface area contributed by atoms with Crippen LogP contribution in [-0.4, -0.2) is 28.9 Å². The van der Waals surface area contributed by atoms with E-state index in [1.165, 1.54) is 12.0 Å². The fraction of sp³-hybridized carbons (Fsp3) is 0.103. The molecule has 0 fully saturated rings. The minimum absolute atomic E-state index is 0.0134. The zero-order valence-corrected chi connectivity index (χ0v) is 19.6. The van der Waals surface area contributed by atoms with Crippen molar-refractivity contribution < 1.29 is 23.8 Å². The van der Waals surface area contributed by atoms with Crippen LogP contribution in [0.4, 0.5) is 5.69 Å². The molecule has 1 aliphatic rings. The number of aliphatic hydroxyl groups excluding tert-OH is 1. The predicted molar refractivity (Wildman–Crippen MR) is 136 cm³/mol. The summed E-state index contributed by atoms with van der Waals surface area (Å²) in [5.74, 6) is -1.31. The van der Waals surface area contributed by atoms with Gasteiger partial charge in [0.2, 0.25) is 5.78 Å². The van der Waals surface area contributed by atoms with Crippen LogP contribution in [0, 0.1) is 6.92 Å². The molecule has 3 aromatic carbocycles. The zero-order chi connectivity index (χ0) is 25.0.